The quantitative estimate of drug-likeness (QED) is 0.216. The predicted octanol–water partition coefficient (Wildman–Crippen LogP) is -4.86. The Kier molecular flexibility index (Phi) is 5.95. The van der Waals surface area contributed by atoms with Gasteiger partial charge in [0.2, 0.25) is 5.95 Å². The van der Waals surface area contributed by atoms with Crippen molar-refractivity contribution < 1.29 is 44.8 Å². The number of imidazole rings is 1. The Bertz CT molecular complexity index is 981. The van der Waals surface area contributed by atoms with E-state index in [0.717, 1.165) is 0 Å². The number of anilines is 1. The highest BCUT2D eigenvalue weighted by Crippen LogP contribution is 2.32. The molecular weight excluding hydrogens is 422 g/mol. The Morgan fingerprint density at radius 1 is 1.06 bits per heavy atom. The number of rotatable bonds is 5. The number of aliphatic hydroxyl groups excluding tert-OH is 6. The third-order valence-corrected chi connectivity index (χ3v) is 5.34. The molecule has 2 aromatic rings. The summed E-state index contributed by atoms with van der Waals surface area (Å²) in [6, 6.07) is 0. The minimum atomic E-state index is -1.63. The van der Waals surface area contributed by atoms with Crippen molar-refractivity contribution in [2.75, 3.05) is 18.9 Å². The van der Waals surface area contributed by atoms with E-state index in [2.05, 4.69) is 15.0 Å². The van der Waals surface area contributed by atoms with E-state index in [1.807, 2.05) is 0 Å². The predicted molar refractivity (Wildman–Crippen MR) is 98.2 cm³/mol. The lowest BCUT2D eigenvalue weighted by atomic mass is 9.99. The number of nitrogens with zero attached hydrogens (tertiary/aromatic N) is 3. The Labute approximate surface area is 173 Å². The van der Waals surface area contributed by atoms with Gasteiger partial charge in [-0.05, 0) is 0 Å². The zero-order valence-electron chi connectivity index (χ0n) is 15.9. The minimum absolute atomic E-state index is 0.0352. The lowest BCUT2D eigenvalue weighted by Crippen LogP contribution is -2.59. The van der Waals surface area contributed by atoms with Crippen LogP contribution >= 0.6 is 0 Å². The van der Waals surface area contributed by atoms with Crippen LogP contribution in [0.3, 0.4) is 0 Å². The van der Waals surface area contributed by atoms with Crippen LogP contribution in [0.25, 0.3) is 11.2 Å². The number of nitrogen functional groups attached to an aromatic ring is 1. The largest absolute Gasteiger partial charge is 0.394 e. The highest BCUT2D eigenvalue weighted by molar-refractivity contribution is 5.70. The summed E-state index contributed by atoms with van der Waals surface area (Å²) in [5.74, 6) is -0.171. The maximum atomic E-state index is 11.9. The molecule has 0 spiro atoms. The van der Waals surface area contributed by atoms with Crippen molar-refractivity contribution in [2.45, 2.75) is 55.2 Å². The van der Waals surface area contributed by atoms with Gasteiger partial charge in [-0.1, -0.05) is 0 Å². The molecule has 0 aromatic carbocycles. The number of ether oxygens (including phenoxy) is 3. The Morgan fingerprint density at radius 3 is 2.48 bits per heavy atom. The molecule has 172 valence electrons. The van der Waals surface area contributed by atoms with E-state index < -0.39 is 67.4 Å². The number of hydrogen-bond acceptors (Lipinski definition) is 13. The maximum Gasteiger partial charge on any atom is 0.280 e. The number of aromatic amines is 1. The van der Waals surface area contributed by atoms with Gasteiger partial charge in [0.05, 0.1) is 19.5 Å². The standard InChI is InChI=1S/C16H23N5O10/c17-16-19-12-6(13(28)20-16)18-3-21(12)14-10(26)8(24)5(30-14)2-29-15-11(27)9(25)7(23)4(1-22)31-15/h3-5,7-11,14-15,22-27H,1-2H2,(H3,17,19,20,28)/t4-,5-,7+,8-,9+,10-,11-,14-,15-/m1/s1. The molecule has 2 fully saturated rings. The summed E-state index contributed by atoms with van der Waals surface area (Å²) in [5, 5.41) is 59.7. The van der Waals surface area contributed by atoms with E-state index in [0.29, 0.717) is 0 Å². The number of nitrogens with two attached hydrogens (primary N) is 1. The SMILES string of the molecule is Nc1nc2c(ncn2[C@@H]2O[C@H](CO[C@@H]3O[C@H](CO)[C@H](O)[C@H](O)[C@H]3O)[C@@H](O)[C@H]2O)c(=O)[nH]1. The third kappa shape index (κ3) is 3.79. The molecular formula is C16H23N5O10. The van der Waals surface area contributed by atoms with Gasteiger partial charge >= 0.3 is 0 Å². The summed E-state index contributed by atoms with van der Waals surface area (Å²) in [4.78, 5) is 22.1. The van der Waals surface area contributed by atoms with Crippen LogP contribution in [-0.2, 0) is 14.2 Å². The van der Waals surface area contributed by atoms with Crippen LogP contribution in [0.4, 0.5) is 5.95 Å². The molecule has 0 amide bonds. The number of H-pyrrole nitrogens is 1. The van der Waals surface area contributed by atoms with E-state index in [1.54, 1.807) is 0 Å². The monoisotopic (exact) mass is 445 g/mol. The van der Waals surface area contributed by atoms with E-state index in [-0.39, 0.29) is 23.7 Å². The summed E-state index contributed by atoms with van der Waals surface area (Å²) < 4.78 is 17.5. The molecule has 31 heavy (non-hydrogen) atoms. The van der Waals surface area contributed by atoms with Crippen LogP contribution in [0.2, 0.25) is 0 Å². The first-order valence-electron chi connectivity index (χ1n) is 9.39. The minimum Gasteiger partial charge on any atom is -0.394 e. The summed E-state index contributed by atoms with van der Waals surface area (Å²) in [5.41, 5.74) is 4.96. The van der Waals surface area contributed by atoms with Gasteiger partial charge in [-0.3, -0.25) is 14.3 Å². The second-order valence-electron chi connectivity index (χ2n) is 7.35. The first-order valence-corrected chi connectivity index (χ1v) is 9.39. The maximum absolute atomic E-state index is 11.9. The second-order valence-corrected chi connectivity index (χ2v) is 7.35. The molecule has 2 aliphatic heterocycles. The van der Waals surface area contributed by atoms with E-state index in [9.17, 15) is 35.4 Å². The number of aromatic nitrogens is 4. The summed E-state index contributed by atoms with van der Waals surface area (Å²) in [7, 11) is 0. The van der Waals surface area contributed by atoms with Gasteiger partial charge in [0.1, 0.15) is 42.7 Å². The molecule has 2 saturated heterocycles. The molecule has 4 rings (SSSR count). The van der Waals surface area contributed by atoms with Crippen molar-refractivity contribution in [2.24, 2.45) is 0 Å². The first kappa shape index (κ1) is 22.0. The Morgan fingerprint density at radius 2 is 1.77 bits per heavy atom. The zero-order chi connectivity index (χ0) is 22.4. The third-order valence-electron chi connectivity index (χ3n) is 5.34. The van der Waals surface area contributed by atoms with Gasteiger partial charge in [0.15, 0.2) is 23.7 Å². The molecule has 2 aromatic heterocycles. The van der Waals surface area contributed by atoms with E-state index in [1.165, 1.54) is 10.9 Å². The molecule has 9 N–H and O–H groups in total. The number of aliphatic hydroxyl groups is 6. The van der Waals surface area contributed by atoms with Crippen molar-refractivity contribution in [3.05, 3.63) is 16.7 Å². The Hall–Kier alpha value is -2.21. The van der Waals surface area contributed by atoms with Crippen LogP contribution in [-0.4, -0.2) is 112 Å². The Balaban J connectivity index is 1.48. The molecule has 2 aliphatic rings. The zero-order valence-corrected chi connectivity index (χ0v) is 15.9. The fourth-order valence-electron chi connectivity index (χ4n) is 3.62. The van der Waals surface area contributed by atoms with Crippen molar-refractivity contribution in [1.29, 1.82) is 0 Å². The fourth-order valence-corrected chi connectivity index (χ4v) is 3.62. The highest BCUT2D eigenvalue weighted by Gasteiger charge is 2.47. The van der Waals surface area contributed by atoms with E-state index in [4.69, 9.17) is 19.9 Å². The molecule has 15 heteroatoms. The lowest BCUT2D eigenvalue weighted by molar-refractivity contribution is -0.306. The fraction of sp³-hybridized carbons (Fsp3) is 0.688. The van der Waals surface area contributed by atoms with Crippen molar-refractivity contribution in [1.82, 2.24) is 19.5 Å². The lowest BCUT2D eigenvalue weighted by Gasteiger charge is -2.39. The van der Waals surface area contributed by atoms with Crippen molar-refractivity contribution in [3.8, 4) is 0 Å². The van der Waals surface area contributed by atoms with Gasteiger partial charge in [-0.2, -0.15) is 4.98 Å². The normalized spacial score (nSPS) is 38.7. The van der Waals surface area contributed by atoms with Gasteiger partial charge in [0.25, 0.3) is 5.56 Å². The summed E-state index contributed by atoms with van der Waals surface area (Å²) >= 11 is 0. The summed E-state index contributed by atoms with van der Waals surface area (Å²) in [6.45, 7) is -1.02. The van der Waals surface area contributed by atoms with Crippen LogP contribution in [0.15, 0.2) is 11.1 Å². The molecule has 9 atom stereocenters. The van der Waals surface area contributed by atoms with Gasteiger partial charge in [-0.25, -0.2) is 4.98 Å². The number of hydrogen-bond donors (Lipinski definition) is 8. The average molecular weight is 445 g/mol. The van der Waals surface area contributed by atoms with Crippen LogP contribution < -0.4 is 11.3 Å². The molecule has 15 nitrogen and oxygen atoms in total. The van der Waals surface area contributed by atoms with Crippen molar-refractivity contribution in [3.63, 3.8) is 0 Å². The highest BCUT2D eigenvalue weighted by atomic mass is 16.7. The second kappa shape index (κ2) is 8.38. The molecule has 0 saturated carbocycles. The van der Waals surface area contributed by atoms with Gasteiger partial charge in [0, 0.05) is 0 Å². The smallest absolute Gasteiger partial charge is 0.280 e. The van der Waals surface area contributed by atoms with Gasteiger partial charge in [-0.15, -0.1) is 0 Å². The van der Waals surface area contributed by atoms with Crippen molar-refractivity contribution >= 4 is 17.1 Å². The molecule has 0 radical (unpaired) electrons. The first-order chi connectivity index (χ1) is 14.7. The molecule has 0 unspecified atom stereocenters. The molecule has 0 aliphatic carbocycles. The average Bonchev–Trinajstić information content (AvgIpc) is 3.27. The topological polar surface area (TPSA) is 239 Å². The molecule has 0 bridgehead atoms. The number of fused-ring (bicyclic) bond motifs is 1. The van der Waals surface area contributed by atoms with Gasteiger partial charge < -0.3 is 50.6 Å². The van der Waals surface area contributed by atoms with Crippen LogP contribution in [0.1, 0.15) is 6.23 Å². The van der Waals surface area contributed by atoms with E-state index >= 15 is 0 Å². The van der Waals surface area contributed by atoms with Crippen LogP contribution in [0, 0.1) is 0 Å². The molecule has 4 heterocycles. The number of nitrogens with one attached hydrogen (secondary N) is 1. The van der Waals surface area contributed by atoms with Crippen LogP contribution in [0.5, 0.6) is 0 Å². The summed E-state index contributed by atoms with van der Waals surface area (Å²) in [6.07, 6.45) is -11.4.